The Morgan fingerprint density at radius 2 is 1.69 bits per heavy atom. The van der Waals surface area contributed by atoms with E-state index in [1.807, 2.05) is 20.8 Å². The minimum atomic E-state index is -4.84. The number of ether oxygens (including phenoxy) is 3. The Balaban J connectivity index is 1.61. The molecular formula is C26H35F3N6O6S. The van der Waals surface area contributed by atoms with Gasteiger partial charge in [-0.1, -0.05) is 11.3 Å². The summed E-state index contributed by atoms with van der Waals surface area (Å²) in [7, 11) is 1.40. The largest absolute Gasteiger partial charge is 0.573 e. The second kappa shape index (κ2) is 12.2. The van der Waals surface area contributed by atoms with Gasteiger partial charge in [-0.05, 0) is 53.7 Å². The number of hydrogen-bond donors (Lipinski definition) is 2. The second-order valence-corrected chi connectivity index (χ2v) is 12.7. The van der Waals surface area contributed by atoms with Crippen LogP contribution in [-0.4, -0.2) is 100 Å². The zero-order valence-corrected chi connectivity index (χ0v) is 25.2. The smallest absolute Gasteiger partial charge is 0.460 e. The number of halogens is 3. The highest BCUT2D eigenvalue weighted by Crippen LogP contribution is 2.31. The minimum absolute atomic E-state index is 0.0399. The number of thiazole rings is 1. The van der Waals surface area contributed by atoms with Gasteiger partial charge in [0.15, 0.2) is 5.13 Å². The van der Waals surface area contributed by atoms with Gasteiger partial charge in [-0.2, -0.15) is 0 Å². The number of carbonyl (C=O) groups excluding carboxylic acids is 3. The van der Waals surface area contributed by atoms with Crippen molar-refractivity contribution in [3.8, 4) is 5.75 Å². The number of alkyl halides is 3. The first-order chi connectivity index (χ1) is 19.2. The van der Waals surface area contributed by atoms with Crippen LogP contribution < -0.4 is 10.1 Å². The molecule has 0 aliphatic carbocycles. The van der Waals surface area contributed by atoms with E-state index in [9.17, 15) is 27.6 Å². The van der Waals surface area contributed by atoms with Crippen LogP contribution in [0, 0.1) is 5.41 Å². The molecule has 0 saturated carbocycles. The van der Waals surface area contributed by atoms with Gasteiger partial charge in [0.25, 0.3) is 6.02 Å². The van der Waals surface area contributed by atoms with E-state index in [-0.39, 0.29) is 37.3 Å². The van der Waals surface area contributed by atoms with Crippen molar-refractivity contribution in [2.24, 2.45) is 0 Å². The van der Waals surface area contributed by atoms with Crippen LogP contribution in [0.4, 0.5) is 23.1 Å². The summed E-state index contributed by atoms with van der Waals surface area (Å²) < 4.78 is 52.8. The van der Waals surface area contributed by atoms with Gasteiger partial charge in [0.2, 0.25) is 11.8 Å². The summed E-state index contributed by atoms with van der Waals surface area (Å²) in [5.74, 6) is -1.54. The summed E-state index contributed by atoms with van der Waals surface area (Å²) in [6.07, 6.45) is -5.54. The number of hydrogen-bond acceptors (Lipinski definition) is 9. The van der Waals surface area contributed by atoms with Crippen molar-refractivity contribution in [2.45, 2.75) is 65.1 Å². The third kappa shape index (κ3) is 9.63. The minimum Gasteiger partial charge on any atom is -0.460 e. The standard InChI is InChI=1S/C26H35F3N6O6S/c1-24(2,3)40-21(30)34-11-15(12-34)35(23(38)41-25(4,5)6)14-20(37)33(7)13-19(36)32-22-31-17-9-8-16(10-18(17)42-22)39-26(27,28)29/h8-10,15,30H,11-14H2,1-7H3,(H,31,32,36). The molecule has 0 unspecified atom stereocenters. The number of carbonyl (C=O) groups is 3. The third-order valence-electron chi connectivity index (χ3n) is 5.57. The van der Waals surface area contributed by atoms with Gasteiger partial charge in [0.05, 0.1) is 22.8 Å². The molecule has 0 bridgehead atoms. The first-order valence-electron chi connectivity index (χ1n) is 12.9. The van der Waals surface area contributed by atoms with Crippen molar-refractivity contribution >= 4 is 50.6 Å². The van der Waals surface area contributed by atoms with Gasteiger partial charge in [-0.15, -0.1) is 13.2 Å². The quantitative estimate of drug-likeness (QED) is 0.348. The summed E-state index contributed by atoms with van der Waals surface area (Å²) in [4.78, 5) is 46.9. The number of nitrogens with one attached hydrogen (secondary N) is 2. The fraction of sp³-hybridized carbons (Fsp3) is 0.577. The third-order valence-corrected chi connectivity index (χ3v) is 6.51. The summed E-state index contributed by atoms with van der Waals surface area (Å²) in [5.41, 5.74) is -1.02. The maximum atomic E-state index is 13.0. The predicted octanol–water partition coefficient (Wildman–Crippen LogP) is 4.26. The van der Waals surface area contributed by atoms with Crippen LogP contribution in [0.25, 0.3) is 10.2 Å². The van der Waals surface area contributed by atoms with Crippen LogP contribution in [0.1, 0.15) is 41.5 Å². The lowest BCUT2D eigenvalue weighted by molar-refractivity contribution is -0.274. The van der Waals surface area contributed by atoms with E-state index in [2.05, 4.69) is 15.0 Å². The van der Waals surface area contributed by atoms with E-state index in [1.165, 1.54) is 18.0 Å². The molecule has 232 valence electrons. The highest BCUT2D eigenvalue weighted by atomic mass is 32.1. The molecule has 1 aliphatic rings. The molecule has 1 aromatic carbocycles. The molecule has 42 heavy (non-hydrogen) atoms. The molecule has 12 nitrogen and oxygen atoms in total. The van der Waals surface area contributed by atoms with Gasteiger partial charge < -0.3 is 29.3 Å². The lowest BCUT2D eigenvalue weighted by Crippen LogP contribution is -2.64. The molecule has 1 saturated heterocycles. The zero-order valence-electron chi connectivity index (χ0n) is 24.4. The van der Waals surface area contributed by atoms with Crippen LogP contribution >= 0.6 is 11.3 Å². The first kappa shape index (κ1) is 32.7. The van der Waals surface area contributed by atoms with Crippen LogP contribution in [0.5, 0.6) is 5.75 Å². The van der Waals surface area contributed by atoms with Crippen molar-refractivity contribution in [3.05, 3.63) is 18.2 Å². The topological polar surface area (TPSA) is 137 Å². The Hall–Kier alpha value is -3.82. The number of likely N-dealkylation sites (N-methyl/N-ethyl adjacent to an activating group) is 1. The Morgan fingerprint density at radius 3 is 2.26 bits per heavy atom. The van der Waals surface area contributed by atoms with Crippen molar-refractivity contribution in [1.82, 2.24) is 19.7 Å². The molecule has 1 fully saturated rings. The molecule has 1 aromatic heterocycles. The van der Waals surface area contributed by atoms with Gasteiger partial charge >= 0.3 is 12.5 Å². The number of aromatic nitrogens is 1. The van der Waals surface area contributed by atoms with Gasteiger partial charge in [-0.3, -0.25) is 19.9 Å². The number of likely N-dealkylation sites (tertiary alicyclic amines) is 1. The predicted molar refractivity (Wildman–Crippen MR) is 149 cm³/mol. The number of benzene rings is 1. The summed E-state index contributed by atoms with van der Waals surface area (Å²) in [6.45, 7) is 10.3. The second-order valence-electron chi connectivity index (χ2n) is 11.7. The lowest BCUT2D eigenvalue weighted by Gasteiger charge is -2.46. The number of anilines is 1. The fourth-order valence-corrected chi connectivity index (χ4v) is 4.63. The Kier molecular flexibility index (Phi) is 9.49. The van der Waals surface area contributed by atoms with Crippen LogP contribution in [0.15, 0.2) is 18.2 Å². The number of amides is 3. The van der Waals surface area contributed by atoms with Crippen molar-refractivity contribution < 1.29 is 41.8 Å². The highest BCUT2D eigenvalue weighted by molar-refractivity contribution is 7.22. The van der Waals surface area contributed by atoms with Crippen molar-refractivity contribution in [2.75, 3.05) is 38.5 Å². The molecule has 3 amide bonds. The average Bonchev–Trinajstić information content (AvgIpc) is 3.14. The van der Waals surface area contributed by atoms with Crippen LogP contribution in [-0.2, 0) is 19.1 Å². The van der Waals surface area contributed by atoms with Crippen molar-refractivity contribution in [1.29, 1.82) is 5.41 Å². The van der Waals surface area contributed by atoms with E-state index in [4.69, 9.17) is 14.9 Å². The van der Waals surface area contributed by atoms with E-state index >= 15 is 0 Å². The average molecular weight is 617 g/mol. The van der Waals surface area contributed by atoms with E-state index < -0.39 is 47.3 Å². The van der Waals surface area contributed by atoms with E-state index in [0.717, 1.165) is 28.4 Å². The van der Waals surface area contributed by atoms with E-state index in [1.54, 1.807) is 25.7 Å². The Labute approximate surface area is 245 Å². The molecule has 2 heterocycles. The maximum Gasteiger partial charge on any atom is 0.573 e. The fourth-order valence-electron chi connectivity index (χ4n) is 3.72. The number of rotatable bonds is 7. The molecule has 3 rings (SSSR count). The number of amidine groups is 1. The van der Waals surface area contributed by atoms with Gasteiger partial charge in [-0.25, -0.2) is 9.78 Å². The molecule has 16 heteroatoms. The first-order valence-corrected chi connectivity index (χ1v) is 13.7. The summed E-state index contributed by atoms with van der Waals surface area (Å²) >= 11 is 0.946. The molecule has 0 spiro atoms. The zero-order chi connectivity index (χ0) is 31.6. The number of fused-ring (bicyclic) bond motifs is 1. The summed E-state index contributed by atoms with van der Waals surface area (Å²) in [6, 6.07) is 3.15. The van der Waals surface area contributed by atoms with E-state index in [0.29, 0.717) is 10.2 Å². The molecule has 1 aliphatic heterocycles. The Bertz CT molecular complexity index is 1330. The summed E-state index contributed by atoms with van der Waals surface area (Å²) in [5, 5.41) is 10.8. The highest BCUT2D eigenvalue weighted by Gasteiger charge is 2.40. The molecular weight excluding hydrogens is 581 g/mol. The molecule has 2 aromatic rings. The van der Waals surface area contributed by atoms with Crippen LogP contribution in [0.3, 0.4) is 0 Å². The van der Waals surface area contributed by atoms with Crippen LogP contribution in [0.2, 0.25) is 0 Å². The maximum absolute atomic E-state index is 13.0. The monoisotopic (exact) mass is 616 g/mol. The van der Waals surface area contributed by atoms with Crippen molar-refractivity contribution in [3.63, 3.8) is 0 Å². The van der Waals surface area contributed by atoms with Gasteiger partial charge in [0, 0.05) is 26.2 Å². The SMILES string of the molecule is CN(CC(=O)Nc1nc2ccc(OC(F)(F)F)cc2s1)C(=O)CN(C(=O)OC(C)(C)C)C1CN(C(=N)OC(C)(C)C)C1. The molecule has 0 radical (unpaired) electrons. The van der Waals surface area contributed by atoms with Gasteiger partial charge in [0.1, 0.15) is 23.5 Å². The number of nitrogens with zero attached hydrogens (tertiary/aromatic N) is 4. The Morgan fingerprint density at radius 1 is 1.07 bits per heavy atom. The molecule has 2 N–H and O–H groups in total. The normalized spacial score (nSPS) is 14.2. The lowest BCUT2D eigenvalue weighted by atomic mass is 10.1. The molecule has 0 atom stereocenters.